The fourth-order valence-electron chi connectivity index (χ4n) is 11.0. The summed E-state index contributed by atoms with van der Waals surface area (Å²) in [4.78, 5) is 0. The Hall–Kier alpha value is -0.340. The standard InChI is InChI=1S/C30H50O2/c1-20(9-8-14-25(2,3)32)21-12-15-28(7)23-11-10-22-26(4,5)24(31)13-16-29(22)19-30(23,29)18-17-27(21,28)6/h8,14,20-24,31-32H,9-13,15-19H2,1-7H3/b14-8+/t20?,21-,22?,23+,24+,27-,28?,29-,30+/m1/s1. The van der Waals surface area contributed by atoms with Gasteiger partial charge in [0.1, 0.15) is 0 Å². The van der Waals surface area contributed by atoms with Crippen LogP contribution < -0.4 is 0 Å². The van der Waals surface area contributed by atoms with Crippen LogP contribution in [-0.4, -0.2) is 21.9 Å². The lowest BCUT2D eigenvalue weighted by molar-refractivity contribution is -0.161. The predicted molar refractivity (Wildman–Crippen MR) is 132 cm³/mol. The Morgan fingerprint density at radius 1 is 0.875 bits per heavy atom. The van der Waals surface area contributed by atoms with Crippen molar-refractivity contribution in [3.05, 3.63) is 12.2 Å². The Kier molecular flexibility index (Phi) is 5.02. The third-order valence-electron chi connectivity index (χ3n) is 12.9. The third-order valence-corrected chi connectivity index (χ3v) is 12.9. The van der Waals surface area contributed by atoms with E-state index in [-0.39, 0.29) is 11.5 Å². The minimum atomic E-state index is -0.703. The van der Waals surface area contributed by atoms with Gasteiger partial charge in [-0.05, 0) is 129 Å². The van der Waals surface area contributed by atoms with Gasteiger partial charge in [-0.1, -0.05) is 46.8 Å². The van der Waals surface area contributed by atoms with Crippen LogP contribution in [0.4, 0.5) is 0 Å². The van der Waals surface area contributed by atoms with Gasteiger partial charge < -0.3 is 10.2 Å². The molecule has 5 fully saturated rings. The fraction of sp³-hybridized carbons (Fsp3) is 0.933. The summed E-state index contributed by atoms with van der Waals surface area (Å²) in [7, 11) is 0. The Morgan fingerprint density at radius 2 is 1.53 bits per heavy atom. The van der Waals surface area contributed by atoms with Crippen LogP contribution in [0.2, 0.25) is 0 Å². The molecule has 3 unspecified atom stereocenters. The molecule has 2 heteroatoms. The number of aliphatic hydroxyl groups excluding tert-OH is 1. The topological polar surface area (TPSA) is 40.5 Å². The second-order valence-electron chi connectivity index (χ2n) is 14.8. The van der Waals surface area contributed by atoms with Gasteiger partial charge in [0, 0.05) is 0 Å². The number of aliphatic hydroxyl groups is 2. The normalized spacial score (nSPS) is 52.7. The highest BCUT2D eigenvalue weighted by molar-refractivity contribution is 5.30. The summed E-state index contributed by atoms with van der Waals surface area (Å²) in [6, 6.07) is 0. The summed E-state index contributed by atoms with van der Waals surface area (Å²) in [5.74, 6) is 3.10. The Labute approximate surface area is 197 Å². The van der Waals surface area contributed by atoms with Gasteiger partial charge in [0.25, 0.3) is 0 Å². The first-order chi connectivity index (χ1) is 14.7. The SMILES string of the molecule is CC(C/C=C/C(C)(C)O)[C@H]1CCC2(C)[C@@H]3CCC4C(C)(C)[C@@H](O)CC[C@@]45C[C@@]35CC[C@]12C. The average Bonchev–Trinajstić information content (AvgIpc) is 3.27. The zero-order valence-electron chi connectivity index (χ0n) is 22.0. The monoisotopic (exact) mass is 442 g/mol. The highest BCUT2D eigenvalue weighted by Gasteiger charge is 2.82. The van der Waals surface area contributed by atoms with Crippen LogP contribution in [0.1, 0.15) is 113 Å². The van der Waals surface area contributed by atoms with E-state index in [2.05, 4.69) is 40.7 Å². The molecule has 182 valence electrons. The zero-order valence-corrected chi connectivity index (χ0v) is 22.0. The second kappa shape index (κ2) is 6.87. The molecule has 5 rings (SSSR count). The van der Waals surface area contributed by atoms with Crippen molar-refractivity contribution in [3.8, 4) is 0 Å². The maximum absolute atomic E-state index is 10.8. The lowest BCUT2D eigenvalue weighted by Gasteiger charge is -2.63. The van der Waals surface area contributed by atoms with E-state index < -0.39 is 5.60 Å². The molecule has 2 nitrogen and oxygen atoms in total. The Balaban J connectivity index is 1.40. The molecule has 0 aromatic rings. The Morgan fingerprint density at radius 3 is 2.22 bits per heavy atom. The molecule has 9 atom stereocenters. The van der Waals surface area contributed by atoms with E-state index in [1.165, 1.54) is 51.4 Å². The van der Waals surface area contributed by atoms with Gasteiger partial charge in [-0.2, -0.15) is 0 Å². The van der Waals surface area contributed by atoms with E-state index in [4.69, 9.17) is 0 Å². The van der Waals surface area contributed by atoms with Gasteiger partial charge in [0.05, 0.1) is 11.7 Å². The van der Waals surface area contributed by atoms with Crippen molar-refractivity contribution >= 4 is 0 Å². The molecular formula is C30H50O2. The van der Waals surface area contributed by atoms with Gasteiger partial charge >= 0.3 is 0 Å². The molecule has 0 aromatic heterocycles. The molecule has 2 spiro atoms. The molecular weight excluding hydrogens is 392 g/mol. The van der Waals surface area contributed by atoms with E-state index in [0.717, 1.165) is 30.6 Å². The molecule has 0 amide bonds. The van der Waals surface area contributed by atoms with Crippen LogP contribution in [0.5, 0.6) is 0 Å². The smallest absolute Gasteiger partial charge is 0.0771 e. The maximum Gasteiger partial charge on any atom is 0.0771 e. The van der Waals surface area contributed by atoms with Crippen LogP contribution >= 0.6 is 0 Å². The number of allylic oxidation sites excluding steroid dienone is 1. The van der Waals surface area contributed by atoms with Gasteiger partial charge in [-0.15, -0.1) is 0 Å². The van der Waals surface area contributed by atoms with Gasteiger partial charge in [0.2, 0.25) is 0 Å². The first-order valence-electron chi connectivity index (χ1n) is 13.8. The fourth-order valence-corrected chi connectivity index (χ4v) is 11.0. The number of hydrogen-bond acceptors (Lipinski definition) is 2. The van der Waals surface area contributed by atoms with Crippen molar-refractivity contribution in [2.45, 2.75) is 124 Å². The van der Waals surface area contributed by atoms with Crippen molar-refractivity contribution in [1.29, 1.82) is 0 Å². The number of rotatable bonds is 4. The maximum atomic E-state index is 10.8. The molecule has 5 aliphatic rings. The van der Waals surface area contributed by atoms with Crippen LogP contribution in [0.3, 0.4) is 0 Å². The average molecular weight is 443 g/mol. The van der Waals surface area contributed by atoms with E-state index in [9.17, 15) is 10.2 Å². The van der Waals surface area contributed by atoms with E-state index >= 15 is 0 Å². The van der Waals surface area contributed by atoms with Gasteiger partial charge in [-0.3, -0.25) is 0 Å². The lowest BCUT2D eigenvalue weighted by Crippen LogP contribution is -2.57. The summed E-state index contributed by atoms with van der Waals surface area (Å²) >= 11 is 0. The minimum absolute atomic E-state index is 0.0912. The highest BCUT2D eigenvalue weighted by atomic mass is 16.3. The van der Waals surface area contributed by atoms with Crippen molar-refractivity contribution in [3.63, 3.8) is 0 Å². The zero-order chi connectivity index (χ0) is 23.4. The molecule has 0 radical (unpaired) electrons. The van der Waals surface area contributed by atoms with Gasteiger partial charge in [0.15, 0.2) is 0 Å². The molecule has 0 aromatic carbocycles. The largest absolute Gasteiger partial charge is 0.393 e. The number of fused-ring (bicyclic) bond motifs is 2. The predicted octanol–water partition coefficient (Wildman–Crippen LogP) is 7.14. The summed E-state index contributed by atoms with van der Waals surface area (Å²) in [5.41, 5.74) is 1.44. The van der Waals surface area contributed by atoms with Crippen LogP contribution in [0, 0.1) is 50.7 Å². The molecule has 0 saturated heterocycles. The highest BCUT2D eigenvalue weighted by Crippen LogP contribution is 2.89. The van der Waals surface area contributed by atoms with Crippen LogP contribution in [0.15, 0.2) is 12.2 Å². The molecule has 5 aliphatic carbocycles. The molecule has 0 aliphatic heterocycles. The van der Waals surface area contributed by atoms with Crippen LogP contribution in [0.25, 0.3) is 0 Å². The van der Waals surface area contributed by atoms with Crippen molar-refractivity contribution in [1.82, 2.24) is 0 Å². The minimum Gasteiger partial charge on any atom is -0.393 e. The summed E-state index contributed by atoms with van der Waals surface area (Å²) in [5, 5.41) is 20.9. The first-order valence-corrected chi connectivity index (χ1v) is 13.8. The molecule has 0 bridgehead atoms. The lowest BCUT2D eigenvalue weighted by atomic mass is 9.42. The van der Waals surface area contributed by atoms with Crippen molar-refractivity contribution < 1.29 is 10.2 Å². The molecule has 0 heterocycles. The van der Waals surface area contributed by atoms with Gasteiger partial charge in [-0.25, -0.2) is 0 Å². The van der Waals surface area contributed by atoms with E-state index in [0.29, 0.717) is 27.6 Å². The van der Waals surface area contributed by atoms with Crippen molar-refractivity contribution in [2.75, 3.05) is 0 Å². The first kappa shape index (κ1) is 23.4. The molecule has 2 N–H and O–H groups in total. The van der Waals surface area contributed by atoms with Crippen LogP contribution in [-0.2, 0) is 0 Å². The molecule has 32 heavy (non-hydrogen) atoms. The van der Waals surface area contributed by atoms with E-state index in [1.807, 2.05) is 19.9 Å². The quantitative estimate of drug-likeness (QED) is 0.454. The van der Waals surface area contributed by atoms with Crippen molar-refractivity contribution in [2.24, 2.45) is 50.7 Å². The van der Waals surface area contributed by atoms with E-state index in [1.54, 1.807) is 0 Å². The third kappa shape index (κ3) is 2.84. The second-order valence-corrected chi connectivity index (χ2v) is 14.8. The number of hydrogen-bond donors (Lipinski definition) is 2. The molecule has 5 saturated carbocycles. The summed E-state index contributed by atoms with van der Waals surface area (Å²) < 4.78 is 0. The summed E-state index contributed by atoms with van der Waals surface area (Å²) in [6.45, 7) is 16.3. The Bertz CT molecular complexity index is 791. The summed E-state index contributed by atoms with van der Waals surface area (Å²) in [6.07, 6.45) is 17.4.